The molecule has 0 fully saturated rings. The van der Waals surface area contributed by atoms with Crippen LogP contribution in [-0.2, 0) is 14.8 Å². The zero-order chi connectivity index (χ0) is 19.7. The SMILES string of the molecule is O=C(CSC1=NS(=O)(=O)c2cc(Cl)ccc2N1)Nc1ccc2c(c1)OCCO2. The fraction of sp³-hybridized carbons (Fsp3) is 0.176. The quantitative estimate of drug-likeness (QED) is 0.757. The molecule has 2 aliphatic heterocycles. The van der Waals surface area contributed by atoms with Gasteiger partial charge in [-0.05, 0) is 30.3 Å². The summed E-state index contributed by atoms with van der Waals surface area (Å²) < 4.78 is 39.2. The Kier molecular flexibility index (Phi) is 5.09. The Morgan fingerprint density at radius 1 is 1.18 bits per heavy atom. The van der Waals surface area contributed by atoms with E-state index in [2.05, 4.69) is 15.0 Å². The van der Waals surface area contributed by atoms with E-state index in [0.29, 0.717) is 41.1 Å². The highest BCUT2D eigenvalue weighted by atomic mass is 35.5. The van der Waals surface area contributed by atoms with E-state index in [1.165, 1.54) is 6.07 Å². The van der Waals surface area contributed by atoms with Crippen LogP contribution in [0.4, 0.5) is 11.4 Å². The number of thioether (sulfide) groups is 1. The molecule has 11 heteroatoms. The minimum atomic E-state index is -3.87. The lowest BCUT2D eigenvalue weighted by Crippen LogP contribution is -2.22. The minimum Gasteiger partial charge on any atom is -0.486 e. The van der Waals surface area contributed by atoms with Crippen molar-refractivity contribution in [2.75, 3.05) is 29.6 Å². The van der Waals surface area contributed by atoms with Crippen molar-refractivity contribution < 1.29 is 22.7 Å². The average Bonchev–Trinajstić information content (AvgIpc) is 2.66. The van der Waals surface area contributed by atoms with Gasteiger partial charge in [0.25, 0.3) is 10.0 Å². The van der Waals surface area contributed by atoms with E-state index in [1.54, 1.807) is 30.3 Å². The first-order chi connectivity index (χ1) is 13.4. The molecule has 28 heavy (non-hydrogen) atoms. The summed E-state index contributed by atoms with van der Waals surface area (Å²) in [5.41, 5.74) is 0.926. The van der Waals surface area contributed by atoms with E-state index in [-0.39, 0.29) is 21.7 Å². The minimum absolute atomic E-state index is 0.00470. The average molecular weight is 440 g/mol. The first-order valence-electron chi connectivity index (χ1n) is 8.14. The van der Waals surface area contributed by atoms with Crippen LogP contribution in [0.25, 0.3) is 0 Å². The van der Waals surface area contributed by atoms with Crippen LogP contribution in [0.5, 0.6) is 11.5 Å². The molecule has 2 aromatic carbocycles. The monoisotopic (exact) mass is 439 g/mol. The first-order valence-corrected chi connectivity index (χ1v) is 10.9. The van der Waals surface area contributed by atoms with Crippen molar-refractivity contribution in [1.29, 1.82) is 0 Å². The summed E-state index contributed by atoms with van der Waals surface area (Å²) in [5, 5.41) is 6.05. The van der Waals surface area contributed by atoms with Gasteiger partial charge >= 0.3 is 0 Å². The van der Waals surface area contributed by atoms with E-state index in [1.807, 2.05) is 0 Å². The zero-order valence-corrected chi connectivity index (χ0v) is 16.7. The number of hydrogen-bond donors (Lipinski definition) is 2. The second-order valence-corrected chi connectivity index (χ2v) is 8.81. The molecule has 2 N–H and O–H groups in total. The van der Waals surface area contributed by atoms with Crippen molar-refractivity contribution in [1.82, 2.24) is 0 Å². The van der Waals surface area contributed by atoms with Gasteiger partial charge in [0, 0.05) is 16.8 Å². The summed E-state index contributed by atoms with van der Waals surface area (Å²) in [7, 11) is -3.87. The highest BCUT2D eigenvalue weighted by Crippen LogP contribution is 2.33. The lowest BCUT2D eigenvalue weighted by molar-refractivity contribution is -0.113. The molecule has 4 rings (SSSR count). The van der Waals surface area contributed by atoms with Crippen molar-refractivity contribution >= 4 is 55.8 Å². The number of sulfonamides is 1. The Balaban J connectivity index is 1.40. The molecule has 1 amide bonds. The maximum absolute atomic E-state index is 12.3. The number of benzene rings is 2. The summed E-state index contributed by atoms with van der Waals surface area (Å²) in [5.74, 6) is 0.851. The molecule has 0 aromatic heterocycles. The molecule has 8 nitrogen and oxygen atoms in total. The predicted molar refractivity (Wildman–Crippen MR) is 108 cm³/mol. The third-order valence-electron chi connectivity index (χ3n) is 3.83. The van der Waals surface area contributed by atoms with Crippen LogP contribution < -0.4 is 20.1 Å². The van der Waals surface area contributed by atoms with Crippen LogP contribution in [0.2, 0.25) is 5.02 Å². The largest absolute Gasteiger partial charge is 0.486 e. The van der Waals surface area contributed by atoms with Crippen LogP contribution in [0, 0.1) is 0 Å². The number of hydrogen-bond acceptors (Lipinski definition) is 7. The molecule has 0 radical (unpaired) electrons. The molecule has 0 saturated carbocycles. The van der Waals surface area contributed by atoms with Crippen molar-refractivity contribution in [3.63, 3.8) is 0 Å². The lowest BCUT2D eigenvalue weighted by atomic mass is 10.2. The van der Waals surface area contributed by atoms with E-state index in [4.69, 9.17) is 21.1 Å². The van der Waals surface area contributed by atoms with Gasteiger partial charge in [0.1, 0.15) is 18.1 Å². The Morgan fingerprint density at radius 3 is 2.79 bits per heavy atom. The summed E-state index contributed by atoms with van der Waals surface area (Å²) in [6, 6.07) is 9.57. The van der Waals surface area contributed by atoms with Gasteiger partial charge in [-0.25, -0.2) is 0 Å². The van der Waals surface area contributed by atoms with Gasteiger partial charge in [-0.3, -0.25) is 4.79 Å². The van der Waals surface area contributed by atoms with Crippen LogP contribution in [0.1, 0.15) is 0 Å². The van der Waals surface area contributed by atoms with Gasteiger partial charge in [-0.15, -0.1) is 4.40 Å². The fourth-order valence-corrected chi connectivity index (χ4v) is 4.92. The molecule has 0 unspecified atom stereocenters. The Morgan fingerprint density at radius 2 is 1.96 bits per heavy atom. The van der Waals surface area contributed by atoms with E-state index >= 15 is 0 Å². The molecular formula is C17H14ClN3O5S2. The zero-order valence-electron chi connectivity index (χ0n) is 14.3. The van der Waals surface area contributed by atoms with Gasteiger partial charge in [0.15, 0.2) is 16.7 Å². The molecule has 0 aliphatic carbocycles. The highest BCUT2D eigenvalue weighted by molar-refractivity contribution is 8.15. The van der Waals surface area contributed by atoms with Gasteiger partial charge in [0.2, 0.25) is 5.91 Å². The number of nitrogens with zero attached hydrogens (tertiary/aromatic N) is 1. The normalized spacial score (nSPS) is 16.4. The number of fused-ring (bicyclic) bond motifs is 2. The third-order valence-corrected chi connectivity index (χ3v) is 6.37. The topological polar surface area (TPSA) is 106 Å². The Labute approximate surface area is 170 Å². The molecule has 0 saturated heterocycles. The number of rotatable bonds is 3. The summed E-state index contributed by atoms with van der Waals surface area (Å²) >= 11 is 6.83. The Bertz CT molecular complexity index is 1090. The van der Waals surface area contributed by atoms with Gasteiger partial charge in [-0.1, -0.05) is 23.4 Å². The van der Waals surface area contributed by atoms with E-state index in [9.17, 15) is 13.2 Å². The molecule has 2 aromatic rings. The molecule has 146 valence electrons. The number of carbonyl (C=O) groups is 1. The van der Waals surface area contributed by atoms with Gasteiger partial charge in [-0.2, -0.15) is 8.42 Å². The third kappa shape index (κ3) is 4.03. The van der Waals surface area contributed by atoms with Crippen molar-refractivity contribution in [3.05, 3.63) is 41.4 Å². The number of carbonyl (C=O) groups excluding carboxylic acids is 1. The summed E-state index contributed by atoms with van der Waals surface area (Å²) in [6.07, 6.45) is 0. The Hall–Kier alpha value is -2.43. The lowest BCUT2D eigenvalue weighted by Gasteiger charge is -2.19. The van der Waals surface area contributed by atoms with E-state index in [0.717, 1.165) is 11.8 Å². The summed E-state index contributed by atoms with van der Waals surface area (Å²) in [4.78, 5) is 12.2. The van der Waals surface area contributed by atoms with E-state index < -0.39 is 10.0 Å². The molecule has 0 bridgehead atoms. The number of halogens is 1. The number of amidine groups is 1. The number of anilines is 2. The smallest absolute Gasteiger partial charge is 0.286 e. The van der Waals surface area contributed by atoms with Crippen molar-refractivity contribution in [2.45, 2.75) is 4.90 Å². The van der Waals surface area contributed by atoms with Crippen LogP contribution in [-0.4, -0.2) is 38.5 Å². The van der Waals surface area contributed by atoms with Crippen LogP contribution in [0.15, 0.2) is 45.7 Å². The van der Waals surface area contributed by atoms with Crippen molar-refractivity contribution in [3.8, 4) is 11.5 Å². The maximum Gasteiger partial charge on any atom is 0.286 e. The molecule has 2 heterocycles. The number of amides is 1. The van der Waals surface area contributed by atoms with Crippen molar-refractivity contribution in [2.24, 2.45) is 4.40 Å². The second-order valence-electron chi connectivity index (χ2n) is 5.83. The second kappa shape index (κ2) is 7.53. The number of ether oxygens (including phenoxy) is 2. The molecule has 0 atom stereocenters. The predicted octanol–water partition coefficient (Wildman–Crippen LogP) is 2.95. The molecular weight excluding hydrogens is 426 g/mol. The molecule has 0 spiro atoms. The van der Waals surface area contributed by atoms with Crippen LogP contribution >= 0.6 is 23.4 Å². The number of nitrogens with one attached hydrogen (secondary N) is 2. The highest BCUT2D eigenvalue weighted by Gasteiger charge is 2.25. The van der Waals surface area contributed by atoms with Gasteiger partial charge < -0.3 is 20.1 Å². The van der Waals surface area contributed by atoms with Gasteiger partial charge in [0.05, 0.1) is 11.4 Å². The fourth-order valence-electron chi connectivity index (χ4n) is 2.62. The molecule has 2 aliphatic rings. The van der Waals surface area contributed by atoms with Crippen LogP contribution in [0.3, 0.4) is 0 Å². The standard InChI is InChI=1S/C17H14ClN3O5S2/c18-10-1-3-12-15(7-10)28(23,24)21-17(20-12)27-9-16(22)19-11-2-4-13-14(8-11)26-6-5-25-13/h1-4,7-8H,5-6,9H2,(H,19,22)(H,20,21). The summed E-state index contributed by atoms with van der Waals surface area (Å²) in [6.45, 7) is 0.940. The first kappa shape index (κ1) is 18.9. The maximum atomic E-state index is 12.3.